The Kier molecular flexibility index (Phi) is 4.53. The number of halogens is 1. The lowest BCUT2D eigenvalue weighted by atomic mass is 10.2. The number of para-hydroxylation sites is 1. The van der Waals surface area contributed by atoms with Gasteiger partial charge < -0.3 is 5.32 Å². The largest absolute Gasteiger partial charge is 0.316 e. The highest BCUT2D eigenvalue weighted by Gasteiger charge is 2.07. The predicted octanol–water partition coefficient (Wildman–Crippen LogP) is 4.26. The first-order valence-corrected chi connectivity index (χ1v) is 8.19. The van der Waals surface area contributed by atoms with E-state index in [9.17, 15) is 0 Å². The van der Waals surface area contributed by atoms with E-state index >= 15 is 0 Å². The van der Waals surface area contributed by atoms with Crippen molar-refractivity contribution in [3.63, 3.8) is 0 Å². The van der Waals surface area contributed by atoms with Crippen molar-refractivity contribution in [2.24, 2.45) is 0 Å². The van der Waals surface area contributed by atoms with E-state index in [1.807, 2.05) is 25.2 Å². The Morgan fingerprint density at radius 3 is 2.81 bits per heavy atom. The molecule has 0 aliphatic rings. The summed E-state index contributed by atoms with van der Waals surface area (Å²) in [4.78, 5) is 9.87. The Bertz CT molecular complexity index is 771. The van der Waals surface area contributed by atoms with Crippen molar-refractivity contribution in [3.8, 4) is 0 Å². The Balaban J connectivity index is 1.93. The van der Waals surface area contributed by atoms with Crippen LogP contribution in [-0.2, 0) is 6.54 Å². The fourth-order valence-corrected chi connectivity index (χ4v) is 3.69. The van der Waals surface area contributed by atoms with Crippen LogP contribution < -0.4 is 5.32 Å². The SMILES string of the molecule is CNCc1ccc(Sc2ncnc3ccccc23)cc1Br. The molecule has 0 aliphatic heterocycles. The third kappa shape index (κ3) is 3.26. The summed E-state index contributed by atoms with van der Waals surface area (Å²) in [5, 5.41) is 5.22. The van der Waals surface area contributed by atoms with Gasteiger partial charge in [0, 0.05) is 21.3 Å². The van der Waals surface area contributed by atoms with Crippen molar-refractivity contribution in [2.45, 2.75) is 16.5 Å². The predicted molar refractivity (Wildman–Crippen MR) is 90.6 cm³/mol. The van der Waals surface area contributed by atoms with E-state index in [2.05, 4.69) is 55.5 Å². The molecule has 0 spiro atoms. The molecule has 0 aliphatic carbocycles. The minimum atomic E-state index is 0.849. The molecule has 1 N–H and O–H groups in total. The van der Waals surface area contributed by atoms with E-state index in [0.717, 1.165) is 31.8 Å². The summed E-state index contributed by atoms with van der Waals surface area (Å²) < 4.78 is 1.11. The van der Waals surface area contributed by atoms with Crippen LogP contribution in [0, 0.1) is 0 Å². The Morgan fingerprint density at radius 2 is 2.00 bits per heavy atom. The number of fused-ring (bicyclic) bond motifs is 1. The molecule has 5 heteroatoms. The number of nitrogens with zero attached hydrogens (tertiary/aromatic N) is 2. The summed E-state index contributed by atoms with van der Waals surface area (Å²) in [5.41, 5.74) is 2.22. The average Bonchev–Trinajstić information content (AvgIpc) is 2.51. The molecular formula is C16H14BrN3S. The van der Waals surface area contributed by atoms with Crippen LogP contribution in [-0.4, -0.2) is 17.0 Å². The van der Waals surface area contributed by atoms with E-state index in [4.69, 9.17) is 0 Å². The third-order valence-electron chi connectivity index (χ3n) is 3.11. The van der Waals surface area contributed by atoms with Crippen molar-refractivity contribution < 1.29 is 0 Å². The van der Waals surface area contributed by atoms with Crippen molar-refractivity contribution in [1.82, 2.24) is 15.3 Å². The topological polar surface area (TPSA) is 37.8 Å². The molecule has 1 heterocycles. The van der Waals surface area contributed by atoms with Crippen LogP contribution in [0.4, 0.5) is 0 Å². The maximum atomic E-state index is 4.41. The van der Waals surface area contributed by atoms with Gasteiger partial charge in [0.05, 0.1) is 5.52 Å². The first-order valence-electron chi connectivity index (χ1n) is 6.58. The molecular weight excluding hydrogens is 346 g/mol. The summed E-state index contributed by atoms with van der Waals surface area (Å²) >= 11 is 5.28. The van der Waals surface area contributed by atoms with Gasteiger partial charge in [-0.25, -0.2) is 9.97 Å². The normalized spacial score (nSPS) is 11.0. The third-order valence-corrected chi connectivity index (χ3v) is 4.86. The molecule has 0 fully saturated rings. The number of aromatic nitrogens is 2. The molecule has 0 radical (unpaired) electrons. The first kappa shape index (κ1) is 14.5. The summed E-state index contributed by atoms with van der Waals surface area (Å²) in [5.74, 6) is 0. The molecule has 2 aromatic carbocycles. The van der Waals surface area contributed by atoms with Gasteiger partial charge in [0.1, 0.15) is 11.4 Å². The molecule has 0 amide bonds. The fourth-order valence-electron chi connectivity index (χ4n) is 2.10. The zero-order chi connectivity index (χ0) is 14.7. The van der Waals surface area contributed by atoms with Crippen molar-refractivity contribution in [1.29, 1.82) is 0 Å². The van der Waals surface area contributed by atoms with E-state index in [1.165, 1.54) is 5.56 Å². The standard InChI is InChI=1S/C16H14BrN3S/c1-18-9-11-6-7-12(8-14(11)17)21-16-13-4-2-3-5-15(13)19-10-20-16/h2-8,10,18H,9H2,1H3. The lowest BCUT2D eigenvalue weighted by molar-refractivity contribution is 0.813. The highest BCUT2D eigenvalue weighted by atomic mass is 79.9. The summed E-state index contributed by atoms with van der Waals surface area (Å²) in [6.07, 6.45) is 1.62. The maximum absolute atomic E-state index is 4.41. The molecule has 0 atom stereocenters. The van der Waals surface area contributed by atoms with Crippen molar-refractivity contribution in [2.75, 3.05) is 7.05 Å². The van der Waals surface area contributed by atoms with Gasteiger partial charge >= 0.3 is 0 Å². The minimum Gasteiger partial charge on any atom is -0.316 e. The van der Waals surface area contributed by atoms with Crippen LogP contribution in [0.15, 0.2) is 63.2 Å². The van der Waals surface area contributed by atoms with Gasteiger partial charge in [-0.1, -0.05) is 52.0 Å². The smallest absolute Gasteiger partial charge is 0.117 e. The number of benzene rings is 2. The molecule has 3 nitrogen and oxygen atoms in total. The van der Waals surface area contributed by atoms with Crippen LogP contribution in [0.5, 0.6) is 0 Å². The molecule has 0 unspecified atom stereocenters. The molecule has 106 valence electrons. The van der Waals surface area contributed by atoms with E-state index < -0.39 is 0 Å². The lowest BCUT2D eigenvalue weighted by Gasteiger charge is -2.08. The van der Waals surface area contributed by atoms with Gasteiger partial charge in [-0.3, -0.25) is 0 Å². The molecule has 3 rings (SSSR count). The van der Waals surface area contributed by atoms with Crippen LogP contribution in [0.1, 0.15) is 5.56 Å². The second-order valence-corrected chi connectivity index (χ2v) is 6.50. The maximum Gasteiger partial charge on any atom is 0.117 e. The second-order valence-electron chi connectivity index (χ2n) is 4.58. The van der Waals surface area contributed by atoms with E-state index in [-0.39, 0.29) is 0 Å². The number of hydrogen-bond donors (Lipinski definition) is 1. The highest BCUT2D eigenvalue weighted by Crippen LogP contribution is 2.33. The molecule has 0 bridgehead atoms. The van der Waals surface area contributed by atoms with Gasteiger partial charge in [0.15, 0.2) is 0 Å². The minimum absolute atomic E-state index is 0.849. The quantitative estimate of drug-likeness (QED) is 0.706. The van der Waals surface area contributed by atoms with Gasteiger partial charge in [-0.05, 0) is 30.8 Å². The fraction of sp³-hybridized carbons (Fsp3) is 0.125. The lowest BCUT2D eigenvalue weighted by Crippen LogP contribution is -2.05. The van der Waals surface area contributed by atoms with Crippen molar-refractivity contribution >= 4 is 38.6 Å². The van der Waals surface area contributed by atoms with E-state index in [0.29, 0.717) is 0 Å². The molecule has 0 saturated carbocycles. The average molecular weight is 360 g/mol. The molecule has 21 heavy (non-hydrogen) atoms. The zero-order valence-corrected chi connectivity index (χ0v) is 13.9. The highest BCUT2D eigenvalue weighted by molar-refractivity contribution is 9.10. The van der Waals surface area contributed by atoms with Crippen LogP contribution in [0.3, 0.4) is 0 Å². The van der Waals surface area contributed by atoms with Gasteiger partial charge in [0.2, 0.25) is 0 Å². The first-order chi connectivity index (χ1) is 10.3. The Hall–Kier alpha value is -1.43. The number of nitrogens with one attached hydrogen (secondary N) is 1. The monoisotopic (exact) mass is 359 g/mol. The van der Waals surface area contributed by atoms with Gasteiger partial charge in [-0.2, -0.15) is 0 Å². The second kappa shape index (κ2) is 6.56. The Labute approximate surface area is 136 Å². The molecule has 3 aromatic rings. The molecule has 1 aromatic heterocycles. The van der Waals surface area contributed by atoms with Crippen LogP contribution in [0.2, 0.25) is 0 Å². The summed E-state index contributed by atoms with van der Waals surface area (Å²) in [7, 11) is 1.95. The zero-order valence-electron chi connectivity index (χ0n) is 11.5. The summed E-state index contributed by atoms with van der Waals surface area (Å²) in [6.45, 7) is 0.849. The van der Waals surface area contributed by atoms with Crippen molar-refractivity contribution in [3.05, 3.63) is 58.8 Å². The van der Waals surface area contributed by atoms with E-state index in [1.54, 1.807) is 18.1 Å². The van der Waals surface area contributed by atoms with Gasteiger partial charge in [0.25, 0.3) is 0 Å². The Morgan fingerprint density at radius 1 is 1.14 bits per heavy atom. The number of hydrogen-bond acceptors (Lipinski definition) is 4. The molecule has 0 saturated heterocycles. The number of rotatable bonds is 4. The summed E-state index contributed by atoms with van der Waals surface area (Å²) in [6, 6.07) is 14.5. The van der Waals surface area contributed by atoms with Crippen LogP contribution in [0.25, 0.3) is 10.9 Å². The van der Waals surface area contributed by atoms with Gasteiger partial charge in [-0.15, -0.1) is 0 Å². The van der Waals surface area contributed by atoms with Crippen LogP contribution >= 0.6 is 27.7 Å².